The molecule has 0 bridgehead atoms. The first-order valence-electron chi connectivity index (χ1n) is 10.5. The third-order valence-corrected chi connectivity index (χ3v) is 6.43. The summed E-state index contributed by atoms with van der Waals surface area (Å²) in [7, 11) is 0. The first kappa shape index (κ1) is 19.8. The summed E-state index contributed by atoms with van der Waals surface area (Å²) in [6.45, 7) is 2.52. The van der Waals surface area contributed by atoms with E-state index < -0.39 is 5.41 Å². The van der Waals surface area contributed by atoms with Gasteiger partial charge in [-0.25, -0.2) is 4.39 Å². The zero-order chi connectivity index (χ0) is 21.6. The SMILES string of the molecule is Cc1cc(F)c(CC(=O)C2(c3ccc4c(c3)OCO4)CC2)cc1-c1cccc(CN)c1. The van der Waals surface area contributed by atoms with Crippen molar-refractivity contribution in [2.45, 2.75) is 38.1 Å². The van der Waals surface area contributed by atoms with Gasteiger partial charge in [0.2, 0.25) is 6.79 Å². The predicted molar refractivity (Wildman–Crippen MR) is 117 cm³/mol. The number of carbonyl (C=O) groups excluding carboxylic acids is 1. The van der Waals surface area contributed by atoms with Gasteiger partial charge in [-0.15, -0.1) is 0 Å². The molecule has 5 heteroatoms. The van der Waals surface area contributed by atoms with Gasteiger partial charge in [0.05, 0.1) is 5.41 Å². The minimum absolute atomic E-state index is 0.0378. The summed E-state index contributed by atoms with van der Waals surface area (Å²) in [6.07, 6.45) is 1.60. The second-order valence-electron chi connectivity index (χ2n) is 8.41. The molecule has 0 amide bonds. The van der Waals surface area contributed by atoms with Crippen LogP contribution < -0.4 is 15.2 Å². The van der Waals surface area contributed by atoms with Crippen LogP contribution in [0.3, 0.4) is 0 Å². The first-order valence-corrected chi connectivity index (χ1v) is 10.5. The molecule has 158 valence electrons. The van der Waals surface area contributed by atoms with Crippen molar-refractivity contribution in [3.63, 3.8) is 0 Å². The van der Waals surface area contributed by atoms with Crippen LogP contribution >= 0.6 is 0 Å². The summed E-state index contributed by atoms with van der Waals surface area (Å²) in [5.41, 5.74) is 10.3. The molecule has 3 aromatic carbocycles. The average Bonchev–Trinajstić information content (AvgIpc) is 3.46. The van der Waals surface area contributed by atoms with Gasteiger partial charge in [-0.1, -0.05) is 24.3 Å². The summed E-state index contributed by atoms with van der Waals surface area (Å²) >= 11 is 0. The van der Waals surface area contributed by atoms with Crippen molar-refractivity contribution in [3.05, 3.63) is 82.7 Å². The van der Waals surface area contributed by atoms with Crippen molar-refractivity contribution in [2.24, 2.45) is 5.73 Å². The molecule has 0 radical (unpaired) electrons. The molecule has 3 aromatic rings. The lowest BCUT2D eigenvalue weighted by Crippen LogP contribution is -2.23. The number of halogens is 1. The fraction of sp³-hybridized carbons (Fsp3) is 0.269. The molecule has 1 fully saturated rings. The summed E-state index contributed by atoms with van der Waals surface area (Å²) in [4.78, 5) is 13.3. The topological polar surface area (TPSA) is 61.5 Å². The number of fused-ring (bicyclic) bond motifs is 1. The Labute approximate surface area is 180 Å². The van der Waals surface area contributed by atoms with Gasteiger partial charge < -0.3 is 15.2 Å². The molecule has 4 nitrogen and oxygen atoms in total. The third kappa shape index (κ3) is 3.49. The number of hydrogen-bond acceptors (Lipinski definition) is 4. The lowest BCUT2D eigenvalue weighted by atomic mass is 9.86. The molecule has 1 heterocycles. The first-order chi connectivity index (χ1) is 15.0. The van der Waals surface area contributed by atoms with Crippen LogP contribution in [0.1, 0.15) is 35.1 Å². The molecule has 0 aromatic heterocycles. The fourth-order valence-corrected chi connectivity index (χ4v) is 4.42. The number of benzene rings is 3. The summed E-state index contributed by atoms with van der Waals surface area (Å²) in [5.74, 6) is 1.06. The van der Waals surface area contributed by atoms with Crippen LogP contribution in [-0.4, -0.2) is 12.6 Å². The second kappa shape index (κ2) is 7.50. The van der Waals surface area contributed by atoms with Gasteiger partial charge in [0.1, 0.15) is 11.6 Å². The molecule has 5 rings (SSSR count). The molecule has 0 atom stereocenters. The van der Waals surface area contributed by atoms with E-state index in [1.165, 1.54) is 6.07 Å². The van der Waals surface area contributed by atoms with Crippen LogP contribution in [-0.2, 0) is 23.2 Å². The van der Waals surface area contributed by atoms with Gasteiger partial charge in [-0.2, -0.15) is 0 Å². The van der Waals surface area contributed by atoms with E-state index in [1.807, 2.05) is 55.5 Å². The lowest BCUT2D eigenvalue weighted by Gasteiger charge is -2.17. The Hall–Kier alpha value is -3.18. The van der Waals surface area contributed by atoms with Crippen LogP contribution in [0.4, 0.5) is 4.39 Å². The van der Waals surface area contributed by atoms with Crippen molar-refractivity contribution in [1.29, 1.82) is 0 Å². The minimum atomic E-state index is -0.558. The Bertz CT molecular complexity index is 1180. The molecular formula is C26H24FNO3. The number of ether oxygens (including phenoxy) is 2. The molecule has 1 aliphatic heterocycles. The molecule has 2 aliphatic rings. The second-order valence-corrected chi connectivity index (χ2v) is 8.41. The maximum absolute atomic E-state index is 14.8. The van der Waals surface area contributed by atoms with Crippen LogP contribution in [0, 0.1) is 12.7 Å². The number of rotatable bonds is 6. The molecule has 1 saturated carbocycles. The van der Waals surface area contributed by atoms with E-state index in [1.54, 1.807) is 0 Å². The van der Waals surface area contributed by atoms with E-state index in [2.05, 4.69) is 0 Å². The van der Waals surface area contributed by atoms with Crippen molar-refractivity contribution >= 4 is 5.78 Å². The average molecular weight is 417 g/mol. The lowest BCUT2D eigenvalue weighted by molar-refractivity contribution is -0.120. The zero-order valence-electron chi connectivity index (χ0n) is 17.4. The zero-order valence-corrected chi connectivity index (χ0v) is 17.4. The maximum atomic E-state index is 14.8. The Morgan fingerprint density at radius 3 is 2.65 bits per heavy atom. The number of carbonyl (C=O) groups is 1. The van der Waals surface area contributed by atoms with Crippen molar-refractivity contribution < 1.29 is 18.7 Å². The monoisotopic (exact) mass is 417 g/mol. The molecule has 0 spiro atoms. The van der Waals surface area contributed by atoms with E-state index in [9.17, 15) is 9.18 Å². The minimum Gasteiger partial charge on any atom is -0.454 e. The third-order valence-electron chi connectivity index (χ3n) is 6.43. The smallest absolute Gasteiger partial charge is 0.231 e. The van der Waals surface area contributed by atoms with E-state index in [4.69, 9.17) is 15.2 Å². The van der Waals surface area contributed by atoms with Crippen molar-refractivity contribution in [2.75, 3.05) is 6.79 Å². The Balaban J connectivity index is 1.45. The Morgan fingerprint density at radius 1 is 1.06 bits per heavy atom. The highest BCUT2D eigenvalue weighted by molar-refractivity contribution is 5.95. The van der Waals surface area contributed by atoms with Crippen LogP contribution in [0.25, 0.3) is 11.1 Å². The van der Waals surface area contributed by atoms with Gasteiger partial charge in [0, 0.05) is 13.0 Å². The van der Waals surface area contributed by atoms with Gasteiger partial charge in [0.15, 0.2) is 11.5 Å². The Kier molecular flexibility index (Phi) is 4.78. The standard InChI is InChI=1S/C26H24FNO3/c1-16-9-22(27)19(11-21(16)18-4-2-3-17(10-18)14-28)12-25(29)26(7-8-26)20-5-6-23-24(13-20)31-15-30-23/h2-6,9-11,13H,7-8,12,14-15,28H2,1H3. The molecule has 2 N–H and O–H groups in total. The highest BCUT2D eigenvalue weighted by Crippen LogP contribution is 2.51. The van der Waals surface area contributed by atoms with Gasteiger partial charge >= 0.3 is 0 Å². The van der Waals surface area contributed by atoms with Crippen molar-refractivity contribution in [1.82, 2.24) is 0 Å². The number of ketones is 1. The van der Waals surface area contributed by atoms with Gasteiger partial charge in [-0.05, 0) is 83.5 Å². The van der Waals surface area contributed by atoms with Gasteiger partial charge in [0.25, 0.3) is 0 Å². The number of Topliss-reactive ketones (excluding diaryl/α,β-unsaturated/α-hetero) is 1. The Morgan fingerprint density at radius 2 is 1.87 bits per heavy atom. The van der Waals surface area contributed by atoms with E-state index in [0.717, 1.165) is 40.7 Å². The quantitative estimate of drug-likeness (QED) is 0.624. The highest BCUT2D eigenvalue weighted by atomic mass is 19.1. The molecule has 0 saturated heterocycles. The summed E-state index contributed by atoms with van der Waals surface area (Å²) in [5, 5.41) is 0. The molecular weight excluding hydrogens is 393 g/mol. The van der Waals surface area contributed by atoms with Crippen LogP contribution in [0.5, 0.6) is 11.5 Å². The predicted octanol–water partition coefficient (Wildman–Crippen LogP) is 4.83. The molecule has 1 aliphatic carbocycles. The van der Waals surface area contributed by atoms with Crippen molar-refractivity contribution in [3.8, 4) is 22.6 Å². The normalized spacial score (nSPS) is 15.7. The fourth-order valence-electron chi connectivity index (χ4n) is 4.42. The highest BCUT2D eigenvalue weighted by Gasteiger charge is 2.51. The number of nitrogens with two attached hydrogens (primary N) is 1. The molecule has 0 unspecified atom stereocenters. The van der Waals surface area contributed by atoms with E-state index in [-0.39, 0.29) is 24.8 Å². The van der Waals surface area contributed by atoms with E-state index >= 15 is 0 Å². The number of aryl methyl sites for hydroxylation is 1. The van der Waals surface area contributed by atoms with Crippen LogP contribution in [0.2, 0.25) is 0 Å². The summed E-state index contributed by atoms with van der Waals surface area (Å²) < 4.78 is 25.7. The molecule has 31 heavy (non-hydrogen) atoms. The van der Waals surface area contributed by atoms with Crippen LogP contribution in [0.15, 0.2) is 54.6 Å². The number of hydrogen-bond donors (Lipinski definition) is 1. The largest absolute Gasteiger partial charge is 0.454 e. The maximum Gasteiger partial charge on any atom is 0.231 e. The van der Waals surface area contributed by atoms with Gasteiger partial charge in [-0.3, -0.25) is 4.79 Å². The summed E-state index contributed by atoms with van der Waals surface area (Å²) in [6, 6.07) is 16.9. The van der Waals surface area contributed by atoms with E-state index in [0.29, 0.717) is 23.6 Å².